The van der Waals surface area contributed by atoms with Gasteiger partial charge < -0.3 is 29.9 Å². The summed E-state index contributed by atoms with van der Waals surface area (Å²) in [5.41, 5.74) is 0.545. The smallest absolute Gasteiger partial charge is 0.269 e. The van der Waals surface area contributed by atoms with Crippen molar-refractivity contribution < 1.29 is 33.6 Å². The molecule has 9 atom stereocenters. The van der Waals surface area contributed by atoms with Crippen molar-refractivity contribution >= 4 is 29.3 Å². The van der Waals surface area contributed by atoms with Crippen LogP contribution >= 0.6 is 0 Å². The molecule has 15 nitrogen and oxygen atoms in total. The normalized spacial score (nSPS) is 18.8. The number of nitro groups is 1. The first-order valence-corrected chi connectivity index (χ1v) is 18.9. The number of carbonyl (C=O) groups excluding carboxylic acids is 4. The molecule has 1 fully saturated rings. The van der Waals surface area contributed by atoms with E-state index in [2.05, 4.69) is 16.7 Å². The molecule has 15 heteroatoms. The lowest BCUT2D eigenvalue weighted by atomic mass is 9.89. The number of likely N-dealkylation sites (tertiary alicyclic amines) is 1. The van der Waals surface area contributed by atoms with Crippen LogP contribution in [0.15, 0.2) is 24.3 Å². The summed E-state index contributed by atoms with van der Waals surface area (Å²) in [7, 11) is 8.34. The fraction of sp³-hybridized carbons (Fsp3) is 0.718. The molecule has 1 aromatic rings. The van der Waals surface area contributed by atoms with Crippen molar-refractivity contribution in [2.45, 2.75) is 122 Å². The number of ether oxygens (including phenoxy) is 2. The summed E-state index contributed by atoms with van der Waals surface area (Å²) < 4.78 is 11.9. The summed E-state index contributed by atoms with van der Waals surface area (Å²) in [5, 5.41) is 26.6. The van der Waals surface area contributed by atoms with Crippen LogP contribution in [-0.4, -0.2) is 128 Å². The molecular weight excluding hydrogens is 694 g/mol. The minimum atomic E-state index is -0.776. The molecular formula is C39H63N7O8. The number of amides is 4. The number of non-ortho nitro benzene ring substituents is 1. The SMILES string of the molecule is CC[C@H](C)[C@@H]([C@@H](CC(=O)N1CCC[C@H]1[C@H](OC)[C@@H](C)C(=O)N[C@H](CC#N)Cc1cccc([N+](=O)[O-])c1)OC)N(C)C(=O)[C@@H](NC(=O)[C@@H](C)N(C)C)C(C)C. The van der Waals surface area contributed by atoms with Crippen LogP contribution in [0, 0.1) is 39.2 Å². The van der Waals surface area contributed by atoms with E-state index in [9.17, 15) is 34.6 Å². The van der Waals surface area contributed by atoms with Gasteiger partial charge in [0, 0.05) is 46.0 Å². The summed E-state index contributed by atoms with van der Waals surface area (Å²) in [6.07, 6.45) is 0.932. The Labute approximate surface area is 321 Å². The number of hydrogen-bond donors (Lipinski definition) is 2. The van der Waals surface area contributed by atoms with Crippen molar-refractivity contribution in [3.05, 3.63) is 39.9 Å². The quantitative estimate of drug-likeness (QED) is 0.139. The Balaban J connectivity index is 2.26. The lowest BCUT2D eigenvalue weighted by Crippen LogP contribution is -2.59. The largest absolute Gasteiger partial charge is 0.379 e. The van der Waals surface area contributed by atoms with Gasteiger partial charge in [0.1, 0.15) is 6.04 Å². The average Bonchev–Trinajstić information content (AvgIpc) is 3.62. The molecule has 1 aliphatic rings. The predicted octanol–water partition coefficient (Wildman–Crippen LogP) is 3.55. The van der Waals surface area contributed by atoms with Crippen molar-refractivity contribution in [1.29, 1.82) is 5.26 Å². The number of hydrogen-bond acceptors (Lipinski definition) is 10. The van der Waals surface area contributed by atoms with E-state index in [-0.39, 0.29) is 60.4 Å². The number of rotatable bonds is 21. The monoisotopic (exact) mass is 757 g/mol. The molecule has 0 spiro atoms. The van der Waals surface area contributed by atoms with E-state index in [1.54, 1.807) is 61.8 Å². The minimum absolute atomic E-state index is 0.000956. The molecule has 1 aliphatic heterocycles. The van der Waals surface area contributed by atoms with Crippen LogP contribution in [0.2, 0.25) is 0 Å². The van der Waals surface area contributed by atoms with Gasteiger partial charge in [0.2, 0.25) is 23.6 Å². The van der Waals surface area contributed by atoms with Crippen molar-refractivity contribution in [3.8, 4) is 6.07 Å². The molecule has 0 unspecified atom stereocenters. The van der Waals surface area contributed by atoms with Crippen molar-refractivity contribution in [3.63, 3.8) is 0 Å². The van der Waals surface area contributed by atoms with Crippen molar-refractivity contribution in [2.24, 2.45) is 17.8 Å². The summed E-state index contributed by atoms with van der Waals surface area (Å²) in [4.78, 5) is 70.8. The van der Waals surface area contributed by atoms with Gasteiger partial charge in [-0.3, -0.25) is 34.2 Å². The van der Waals surface area contributed by atoms with Gasteiger partial charge in [-0.2, -0.15) is 5.26 Å². The molecule has 4 amide bonds. The van der Waals surface area contributed by atoms with Crippen LogP contribution in [0.4, 0.5) is 5.69 Å². The van der Waals surface area contributed by atoms with Crippen LogP contribution in [0.3, 0.4) is 0 Å². The third kappa shape index (κ3) is 12.2. The highest BCUT2D eigenvalue weighted by Gasteiger charge is 2.43. The lowest BCUT2D eigenvalue weighted by molar-refractivity contribution is -0.384. The van der Waals surface area contributed by atoms with Gasteiger partial charge in [-0.1, -0.05) is 53.2 Å². The number of nitro benzene ring substituents is 1. The number of methoxy groups -OCH3 is 2. The molecule has 0 aromatic heterocycles. The highest BCUT2D eigenvalue weighted by Crippen LogP contribution is 2.30. The zero-order valence-corrected chi connectivity index (χ0v) is 34.0. The maximum atomic E-state index is 14.2. The van der Waals surface area contributed by atoms with Gasteiger partial charge in [0.25, 0.3) is 5.69 Å². The molecule has 1 aromatic carbocycles. The lowest BCUT2D eigenvalue weighted by Gasteiger charge is -2.41. The summed E-state index contributed by atoms with van der Waals surface area (Å²) >= 11 is 0. The Morgan fingerprint density at radius 3 is 2.26 bits per heavy atom. The Hall–Kier alpha value is -4.13. The van der Waals surface area contributed by atoms with Crippen molar-refractivity contribution in [2.75, 3.05) is 41.9 Å². The van der Waals surface area contributed by atoms with E-state index in [1.165, 1.54) is 26.4 Å². The number of nitriles is 1. The molecule has 0 aliphatic carbocycles. The van der Waals surface area contributed by atoms with Crippen molar-refractivity contribution in [1.82, 2.24) is 25.3 Å². The van der Waals surface area contributed by atoms with Gasteiger partial charge in [-0.05, 0) is 57.7 Å². The van der Waals surface area contributed by atoms with Crippen LogP contribution < -0.4 is 10.6 Å². The summed E-state index contributed by atoms with van der Waals surface area (Å²) in [6, 6.07) is 5.50. The molecule has 1 heterocycles. The first-order valence-electron chi connectivity index (χ1n) is 18.9. The second kappa shape index (κ2) is 21.7. The van der Waals surface area contributed by atoms with Crippen LogP contribution in [-0.2, 0) is 35.1 Å². The second-order valence-corrected chi connectivity index (χ2v) is 15.2. The van der Waals surface area contributed by atoms with Crippen LogP contribution in [0.1, 0.15) is 79.2 Å². The van der Waals surface area contributed by atoms with E-state index in [0.717, 1.165) is 0 Å². The molecule has 0 bridgehead atoms. The van der Waals surface area contributed by atoms with Crippen LogP contribution in [0.5, 0.6) is 0 Å². The maximum Gasteiger partial charge on any atom is 0.269 e. The average molecular weight is 758 g/mol. The highest BCUT2D eigenvalue weighted by atomic mass is 16.6. The Kier molecular flexibility index (Phi) is 18.5. The number of likely N-dealkylation sites (N-methyl/N-ethyl adjacent to an activating group) is 2. The predicted molar refractivity (Wildman–Crippen MR) is 205 cm³/mol. The van der Waals surface area contributed by atoms with Crippen LogP contribution in [0.25, 0.3) is 0 Å². The Morgan fingerprint density at radius 2 is 1.72 bits per heavy atom. The Bertz CT molecular complexity index is 1470. The van der Waals surface area contributed by atoms with Gasteiger partial charge >= 0.3 is 0 Å². The summed E-state index contributed by atoms with van der Waals surface area (Å²) in [5.74, 6) is -1.99. The minimum Gasteiger partial charge on any atom is -0.379 e. The van der Waals surface area contributed by atoms with E-state index < -0.39 is 53.3 Å². The third-order valence-corrected chi connectivity index (χ3v) is 10.9. The molecule has 2 rings (SSSR count). The first-order chi connectivity index (χ1) is 25.4. The fourth-order valence-corrected chi connectivity index (χ4v) is 7.25. The fourth-order valence-electron chi connectivity index (χ4n) is 7.25. The van der Waals surface area contributed by atoms with E-state index >= 15 is 0 Å². The van der Waals surface area contributed by atoms with E-state index in [4.69, 9.17) is 9.47 Å². The number of carbonyl (C=O) groups is 4. The van der Waals surface area contributed by atoms with E-state index in [1.807, 2.05) is 27.7 Å². The molecule has 0 saturated carbocycles. The standard InChI is InChI=1S/C39H63N7O8/c1-12-25(4)35(44(9)39(50)34(24(2)3)42-38(49)27(6)43(7)8)32(53-10)23-33(47)45-20-14-17-31(45)36(54-11)26(5)37(48)41-29(18-19-40)21-28-15-13-16-30(22-28)46(51)52/h13,15-16,22,24-27,29,31-32,34-36H,12,14,17-18,20-21,23H2,1-11H3,(H,41,48)(H,42,49)/t25-,26+,27+,29+,31-,32+,34-,35-,36+/m0/s1. The summed E-state index contributed by atoms with van der Waals surface area (Å²) in [6.45, 7) is 11.8. The molecule has 2 N–H and O–H groups in total. The maximum absolute atomic E-state index is 14.2. The number of nitrogens with one attached hydrogen (secondary N) is 2. The molecule has 302 valence electrons. The third-order valence-electron chi connectivity index (χ3n) is 10.9. The zero-order chi connectivity index (χ0) is 40.9. The topological polar surface area (TPSA) is 187 Å². The number of nitrogens with zero attached hydrogens (tertiary/aromatic N) is 5. The molecule has 54 heavy (non-hydrogen) atoms. The van der Waals surface area contributed by atoms with Gasteiger partial charge in [-0.25, -0.2) is 0 Å². The second-order valence-electron chi connectivity index (χ2n) is 15.2. The van der Waals surface area contributed by atoms with Gasteiger partial charge in [-0.15, -0.1) is 0 Å². The molecule has 0 radical (unpaired) electrons. The van der Waals surface area contributed by atoms with E-state index in [0.29, 0.717) is 31.4 Å². The zero-order valence-electron chi connectivity index (χ0n) is 34.0. The first kappa shape index (κ1) is 46.0. The number of benzene rings is 1. The Morgan fingerprint density at radius 1 is 1.06 bits per heavy atom. The molecule has 1 saturated heterocycles. The van der Waals surface area contributed by atoms with Gasteiger partial charge in [0.05, 0.1) is 60.1 Å². The highest BCUT2D eigenvalue weighted by molar-refractivity contribution is 5.90. The van der Waals surface area contributed by atoms with Gasteiger partial charge in [0.15, 0.2) is 0 Å².